The molecule has 1 atom stereocenters. The van der Waals surface area contributed by atoms with Gasteiger partial charge >= 0.3 is 0 Å². The number of rotatable bonds is 6. The van der Waals surface area contributed by atoms with E-state index >= 15 is 0 Å². The Kier molecular flexibility index (Phi) is 6.38. The molecule has 158 valence electrons. The van der Waals surface area contributed by atoms with Gasteiger partial charge in [0.15, 0.2) is 0 Å². The lowest BCUT2D eigenvalue weighted by Gasteiger charge is -2.24. The lowest BCUT2D eigenvalue weighted by molar-refractivity contribution is -0.122. The first kappa shape index (κ1) is 20.8. The average Bonchev–Trinajstić information content (AvgIpc) is 3.36. The van der Waals surface area contributed by atoms with Crippen LogP contribution in [0.3, 0.4) is 0 Å². The van der Waals surface area contributed by atoms with Gasteiger partial charge in [0.05, 0.1) is 12.5 Å². The molecule has 1 N–H and O–H groups in total. The minimum atomic E-state index is -0.190. The normalized spacial score (nSPS) is 15.5. The highest BCUT2D eigenvalue weighted by atomic mass is 16.5. The molecule has 31 heavy (non-hydrogen) atoms. The second kappa shape index (κ2) is 9.53. The molecule has 0 saturated carbocycles. The number of nitrogens with zero attached hydrogens (tertiary/aromatic N) is 2. The van der Waals surface area contributed by atoms with Crippen molar-refractivity contribution >= 4 is 23.2 Å². The van der Waals surface area contributed by atoms with Crippen molar-refractivity contribution in [3.63, 3.8) is 0 Å². The number of carbonyl (C=O) groups is 2. The van der Waals surface area contributed by atoms with E-state index in [1.54, 1.807) is 23.4 Å². The van der Waals surface area contributed by atoms with E-state index in [2.05, 4.69) is 10.3 Å². The fraction of sp³-hybridized carbons (Fsp3) is 0.240. The zero-order valence-corrected chi connectivity index (χ0v) is 17.5. The predicted molar refractivity (Wildman–Crippen MR) is 121 cm³/mol. The van der Waals surface area contributed by atoms with Gasteiger partial charge in [-0.3, -0.25) is 14.6 Å². The van der Waals surface area contributed by atoms with Crippen LogP contribution in [0.1, 0.15) is 23.7 Å². The van der Waals surface area contributed by atoms with Crippen LogP contribution in [0.25, 0.3) is 11.1 Å². The molecule has 6 heteroatoms. The van der Waals surface area contributed by atoms with Crippen LogP contribution in [0.2, 0.25) is 0 Å². The van der Waals surface area contributed by atoms with Crippen LogP contribution in [-0.4, -0.2) is 36.6 Å². The number of hydrogen-bond donors (Lipinski definition) is 1. The highest BCUT2D eigenvalue weighted by Gasteiger charge is 2.28. The number of carbonyl (C=O) groups excluding carboxylic acids is 2. The molecular formula is C25H25N3O3. The zero-order chi connectivity index (χ0) is 21.6. The van der Waals surface area contributed by atoms with Crippen LogP contribution in [-0.2, 0) is 9.53 Å². The van der Waals surface area contributed by atoms with Crippen LogP contribution >= 0.6 is 0 Å². The second-order valence-electron chi connectivity index (χ2n) is 7.47. The highest BCUT2D eigenvalue weighted by Crippen LogP contribution is 2.24. The van der Waals surface area contributed by atoms with E-state index in [0.717, 1.165) is 23.2 Å². The molecule has 2 amide bonds. The average molecular weight is 415 g/mol. The SMILES string of the molecule is CCN(C(=O)C1CCOC1)c1ccc(NC(=O)c2cccc(-c3cccnc3)c2)cc1. The van der Waals surface area contributed by atoms with Crippen LogP contribution in [0.5, 0.6) is 0 Å². The zero-order valence-electron chi connectivity index (χ0n) is 17.5. The Morgan fingerprint density at radius 1 is 1.10 bits per heavy atom. The number of anilines is 2. The summed E-state index contributed by atoms with van der Waals surface area (Å²) in [5.41, 5.74) is 3.95. The summed E-state index contributed by atoms with van der Waals surface area (Å²) in [7, 11) is 0. The molecule has 1 unspecified atom stereocenters. The van der Waals surface area contributed by atoms with Crippen molar-refractivity contribution in [3.8, 4) is 11.1 Å². The van der Waals surface area contributed by atoms with E-state index in [0.29, 0.717) is 31.0 Å². The molecule has 0 spiro atoms. The molecule has 1 aliphatic heterocycles. The van der Waals surface area contributed by atoms with Crippen molar-refractivity contribution in [2.24, 2.45) is 5.92 Å². The van der Waals surface area contributed by atoms with Gasteiger partial charge in [-0.2, -0.15) is 0 Å². The quantitative estimate of drug-likeness (QED) is 0.648. The Bertz CT molecular complexity index is 1050. The van der Waals surface area contributed by atoms with Gasteiger partial charge in [-0.1, -0.05) is 18.2 Å². The minimum Gasteiger partial charge on any atom is -0.381 e. The molecule has 3 aromatic rings. The van der Waals surface area contributed by atoms with Crippen LogP contribution in [0, 0.1) is 5.92 Å². The van der Waals surface area contributed by atoms with E-state index in [-0.39, 0.29) is 17.7 Å². The molecular weight excluding hydrogens is 390 g/mol. The number of aromatic nitrogens is 1. The largest absolute Gasteiger partial charge is 0.381 e. The Hall–Kier alpha value is -3.51. The van der Waals surface area contributed by atoms with Gasteiger partial charge in [-0.05, 0) is 61.4 Å². The third kappa shape index (κ3) is 4.81. The predicted octanol–water partition coefficient (Wildman–Crippen LogP) is 4.39. The standard InChI is InChI=1S/C25H25N3O3/c1-2-28(25(30)21-12-14-31-17-21)23-10-8-22(9-11-23)27-24(29)19-6-3-5-18(15-19)20-7-4-13-26-16-20/h3-11,13,15-16,21H,2,12,14,17H2,1H3,(H,27,29). The number of amides is 2. The maximum Gasteiger partial charge on any atom is 0.255 e. The number of ether oxygens (including phenoxy) is 1. The van der Waals surface area contributed by atoms with Gasteiger partial charge in [0.1, 0.15) is 0 Å². The first-order valence-corrected chi connectivity index (χ1v) is 10.5. The fourth-order valence-corrected chi connectivity index (χ4v) is 3.72. The lowest BCUT2D eigenvalue weighted by Crippen LogP contribution is -2.36. The number of nitrogens with one attached hydrogen (secondary N) is 1. The summed E-state index contributed by atoms with van der Waals surface area (Å²) in [6.45, 7) is 3.67. The first-order valence-electron chi connectivity index (χ1n) is 10.5. The maximum absolute atomic E-state index is 12.7. The van der Waals surface area contributed by atoms with E-state index in [9.17, 15) is 9.59 Å². The number of hydrogen-bond acceptors (Lipinski definition) is 4. The Labute approximate surface area is 181 Å². The second-order valence-corrected chi connectivity index (χ2v) is 7.47. The molecule has 1 aromatic heterocycles. The van der Waals surface area contributed by atoms with Gasteiger partial charge in [-0.15, -0.1) is 0 Å². The highest BCUT2D eigenvalue weighted by molar-refractivity contribution is 6.05. The van der Waals surface area contributed by atoms with Crippen LogP contribution in [0.4, 0.5) is 11.4 Å². The molecule has 0 aliphatic carbocycles. The van der Waals surface area contributed by atoms with Crippen molar-refractivity contribution < 1.29 is 14.3 Å². The molecule has 0 radical (unpaired) electrons. The van der Waals surface area contributed by atoms with E-state index < -0.39 is 0 Å². The van der Waals surface area contributed by atoms with Gasteiger partial charge in [-0.25, -0.2) is 0 Å². The summed E-state index contributed by atoms with van der Waals surface area (Å²) >= 11 is 0. The molecule has 4 rings (SSSR count). The van der Waals surface area contributed by atoms with Gasteiger partial charge in [0.25, 0.3) is 5.91 Å². The molecule has 1 fully saturated rings. The summed E-state index contributed by atoms with van der Waals surface area (Å²) in [6.07, 6.45) is 4.26. The van der Waals surface area contributed by atoms with Gasteiger partial charge in [0.2, 0.25) is 5.91 Å². The summed E-state index contributed by atoms with van der Waals surface area (Å²) < 4.78 is 5.35. The van der Waals surface area contributed by atoms with Crippen molar-refractivity contribution in [3.05, 3.63) is 78.6 Å². The van der Waals surface area contributed by atoms with E-state index in [1.165, 1.54) is 0 Å². The van der Waals surface area contributed by atoms with Crippen molar-refractivity contribution in [2.75, 3.05) is 30.0 Å². The smallest absolute Gasteiger partial charge is 0.255 e. The summed E-state index contributed by atoms with van der Waals surface area (Å²) in [5, 5.41) is 2.93. The number of pyridine rings is 1. The van der Waals surface area contributed by atoms with Crippen molar-refractivity contribution in [1.29, 1.82) is 0 Å². The molecule has 6 nitrogen and oxygen atoms in total. The van der Waals surface area contributed by atoms with Gasteiger partial charge in [0, 0.05) is 48.0 Å². The molecule has 0 bridgehead atoms. The van der Waals surface area contributed by atoms with Crippen LogP contribution in [0.15, 0.2) is 73.1 Å². The maximum atomic E-state index is 12.7. The van der Waals surface area contributed by atoms with E-state index in [1.807, 2.05) is 61.5 Å². The Balaban J connectivity index is 1.45. The summed E-state index contributed by atoms with van der Waals surface area (Å²) in [4.78, 5) is 31.4. The first-order chi connectivity index (χ1) is 15.2. The Morgan fingerprint density at radius 2 is 1.90 bits per heavy atom. The number of benzene rings is 2. The monoisotopic (exact) mass is 415 g/mol. The lowest BCUT2D eigenvalue weighted by atomic mass is 10.0. The molecule has 1 saturated heterocycles. The third-order valence-electron chi connectivity index (χ3n) is 5.42. The Morgan fingerprint density at radius 3 is 2.58 bits per heavy atom. The van der Waals surface area contributed by atoms with Gasteiger partial charge < -0.3 is 15.0 Å². The topological polar surface area (TPSA) is 71.5 Å². The van der Waals surface area contributed by atoms with Crippen LogP contribution < -0.4 is 10.2 Å². The summed E-state index contributed by atoms with van der Waals surface area (Å²) in [5.74, 6) is -0.180. The molecule has 2 aromatic carbocycles. The van der Waals surface area contributed by atoms with Crippen molar-refractivity contribution in [1.82, 2.24) is 4.98 Å². The molecule has 1 aliphatic rings. The summed E-state index contributed by atoms with van der Waals surface area (Å²) in [6, 6.07) is 18.6. The molecule has 2 heterocycles. The van der Waals surface area contributed by atoms with Crippen molar-refractivity contribution in [2.45, 2.75) is 13.3 Å². The van der Waals surface area contributed by atoms with E-state index in [4.69, 9.17) is 4.74 Å². The fourth-order valence-electron chi connectivity index (χ4n) is 3.72. The third-order valence-corrected chi connectivity index (χ3v) is 5.42. The minimum absolute atomic E-state index is 0.0774.